The highest BCUT2D eigenvalue weighted by Gasteiger charge is 2.16. The molecule has 2 aromatic rings. The monoisotopic (exact) mass is 310 g/mol. The van der Waals surface area contributed by atoms with Crippen LogP contribution in [0.4, 0.5) is 0 Å². The molecule has 0 amide bonds. The molecule has 0 unspecified atom stereocenters. The molecule has 0 aliphatic rings. The fourth-order valence-electron chi connectivity index (χ4n) is 1.57. The van der Waals surface area contributed by atoms with Crippen LogP contribution in [0.5, 0.6) is 0 Å². The van der Waals surface area contributed by atoms with Gasteiger partial charge in [0, 0.05) is 25.4 Å². The highest BCUT2D eigenvalue weighted by Crippen LogP contribution is 2.08. The molecule has 20 heavy (non-hydrogen) atoms. The van der Waals surface area contributed by atoms with E-state index in [1.54, 1.807) is 35.9 Å². The summed E-state index contributed by atoms with van der Waals surface area (Å²) in [5.41, 5.74) is 7.05. The third kappa shape index (κ3) is 3.41. The van der Waals surface area contributed by atoms with Gasteiger partial charge in [0.1, 0.15) is 4.99 Å². The molecule has 1 aromatic carbocycles. The molecule has 0 bridgehead atoms. The number of rotatable bonds is 5. The highest BCUT2D eigenvalue weighted by molar-refractivity contribution is 7.89. The molecule has 3 N–H and O–H groups in total. The summed E-state index contributed by atoms with van der Waals surface area (Å²) in [5.74, 6) is 0. The zero-order valence-corrected chi connectivity index (χ0v) is 12.4. The van der Waals surface area contributed by atoms with Crippen molar-refractivity contribution in [3.8, 4) is 0 Å². The van der Waals surface area contributed by atoms with Crippen molar-refractivity contribution < 1.29 is 8.42 Å². The normalized spacial score (nSPS) is 11.4. The molecule has 0 aliphatic heterocycles. The van der Waals surface area contributed by atoms with Gasteiger partial charge in [0.05, 0.1) is 6.33 Å². The second-order valence-corrected chi connectivity index (χ2v) is 6.42. The quantitative estimate of drug-likeness (QED) is 0.786. The smallest absolute Gasteiger partial charge is 0.259 e. The third-order valence-electron chi connectivity index (χ3n) is 2.66. The van der Waals surface area contributed by atoms with Crippen LogP contribution < -0.4 is 10.5 Å². The highest BCUT2D eigenvalue weighted by atomic mass is 32.2. The largest absolute Gasteiger partial charge is 0.389 e. The van der Waals surface area contributed by atoms with E-state index < -0.39 is 10.0 Å². The lowest BCUT2D eigenvalue weighted by molar-refractivity contribution is 0.578. The predicted molar refractivity (Wildman–Crippen MR) is 79.6 cm³/mol. The van der Waals surface area contributed by atoms with Crippen molar-refractivity contribution >= 4 is 27.2 Å². The fraction of sp³-hybridized carbons (Fsp3) is 0.167. The van der Waals surface area contributed by atoms with Crippen LogP contribution in [-0.2, 0) is 23.6 Å². The number of nitrogens with zero attached hydrogens (tertiary/aromatic N) is 2. The first kappa shape index (κ1) is 14.6. The number of aryl methyl sites for hydroxylation is 1. The van der Waals surface area contributed by atoms with Crippen LogP contribution in [-0.4, -0.2) is 23.0 Å². The van der Waals surface area contributed by atoms with Gasteiger partial charge in [0.15, 0.2) is 5.03 Å². The van der Waals surface area contributed by atoms with E-state index >= 15 is 0 Å². The van der Waals surface area contributed by atoms with Gasteiger partial charge in [0.25, 0.3) is 10.0 Å². The minimum atomic E-state index is -3.60. The van der Waals surface area contributed by atoms with Gasteiger partial charge in [-0.3, -0.25) is 0 Å². The second kappa shape index (κ2) is 5.70. The lowest BCUT2D eigenvalue weighted by atomic mass is 10.1. The van der Waals surface area contributed by atoms with Crippen molar-refractivity contribution in [2.45, 2.75) is 11.6 Å². The van der Waals surface area contributed by atoms with E-state index in [0.29, 0.717) is 4.99 Å². The van der Waals surface area contributed by atoms with Crippen molar-refractivity contribution in [3.05, 3.63) is 47.9 Å². The molecule has 0 saturated heterocycles. The van der Waals surface area contributed by atoms with Crippen molar-refractivity contribution in [1.29, 1.82) is 0 Å². The maximum Gasteiger partial charge on any atom is 0.259 e. The number of hydrogen-bond acceptors (Lipinski definition) is 4. The molecule has 1 aromatic heterocycles. The Bertz CT molecular complexity index is 720. The Balaban J connectivity index is 2.06. The topological polar surface area (TPSA) is 90.0 Å². The van der Waals surface area contributed by atoms with Gasteiger partial charge >= 0.3 is 0 Å². The van der Waals surface area contributed by atoms with Gasteiger partial charge in [-0.25, -0.2) is 18.1 Å². The molecule has 8 heteroatoms. The first-order chi connectivity index (χ1) is 9.38. The molecule has 106 valence electrons. The third-order valence-corrected chi connectivity index (χ3v) is 4.18. The molecular formula is C12H14N4O2S2. The van der Waals surface area contributed by atoms with E-state index in [0.717, 1.165) is 11.1 Å². The Labute approximate surface area is 122 Å². The second-order valence-electron chi connectivity index (χ2n) is 4.26. The molecule has 0 aliphatic carbocycles. The van der Waals surface area contributed by atoms with Crippen LogP contribution in [0.3, 0.4) is 0 Å². The predicted octanol–water partition coefficient (Wildman–Crippen LogP) is 0.533. The van der Waals surface area contributed by atoms with Gasteiger partial charge in [0.2, 0.25) is 0 Å². The number of nitrogens with two attached hydrogens (primary N) is 1. The molecular weight excluding hydrogens is 296 g/mol. The van der Waals surface area contributed by atoms with Crippen LogP contribution >= 0.6 is 12.2 Å². The lowest BCUT2D eigenvalue weighted by Crippen LogP contribution is -2.23. The van der Waals surface area contributed by atoms with Crippen molar-refractivity contribution in [3.63, 3.8) is 0 Å². The Morgan fingerprint density at radius 3 is 2.55 bits per heavy atom. The SMILES string of the molecule is Cn1cnc(S(=O)(=O)NCc2ccc(C(N)=S)cc2)c1. The molecule has 0 fully saturated rings. The summed E-state index contributed by atoms with van der Waals surface area (Å²) in [6.45, 7) is 0.177. The zero-order valence-electron chi connectivity index (χ0n) is 10.8. The van der Waals surface area contributed by atoms with Crippen LogP contribution in [0.15, 0.2) is 41.8 Å². The minimum Gasteiger partial charge on any atom is -0.389 e. The molecule has 1 heterocycles. The summed E-state index contributed by atoms with van der Waals surface area (Å²) in [6.07, 6.45) is 2.88. The van der Waals surface area contributed by atoms with E-state index in [4.69, 9.17) is 18.0 Å². The minimum absolute atomic E-state index is 0.000226. The fourth-order valence-corrected chi connectivity index (χ4v) is 2.70. The van der Waals surface area contributed by atoms with E-state index in [9.17, 15) is 8.42 Å². The average Bonchev–Trinajstić information content (AvgIpc) is 2.84. The van der Waals surface area contributed by atoms with E-state index in [-0.39, 0.29) is 11.6 Å². The van der Waals surface area contributed by atoms with E-state index in [1.807, 2.05) is 0 Å². The van der Waals surface area contributed by atoms with Crippen molar-refractivity contribution in [2.24, 2.45) is 12.8 Å². The number of hydrogen-bond donors (Lipinski definition) is 2. The number of thiocarbonyl (C=S) groups is 1. The van der Waals surface area contributed by atoms with Gasteiger partial charge in [-0.05, 0) is 5.56 Å². The number of sulfonamides is 1. The number of benzene rings is 1. The Hall–Kier alpha value is -1.77. The van der Waals surface area contributed by atoms with Gasteiger partial charge in [-0.15, -0.1) is 0 Å². The van der Waals surface area contributed by atoms with Crippen LogP contribution in [0.25, 0.3) is 0 Å². The van der Waals surface area contributed by atoms with Gasteiger partial charge in [-0.1, -0.05) is 36.5 Å². The van der Waals surface area contributed by atoms with Crippen LogP contribution in [0.1, 0.15) is 11.1 Å². The lowest BCUT2D eigenvalue weighted by Gasteiger charge is -2.05. The average molecular weight is 310 g/mol. The molecule has 0 radical (unpaired) electrons. The van der Waals surface area contributed by atoms with E-state index in [1.165, 1.54) is 12.5 Å². The maximum atomic E-state index is 12.0. The van der Waals surface area contributed by atoms with Crippen molar-refractivity contribution in [1.82, 2.24) is 14.3 Å². The summed E-state index contributed by atoms with van der Waals surface area (Å²) in [7, 11) is -1.89. The maximum absolute atomic E-state index is 12.0. The standard InChI is InChI=1S/C12H14N4O2S2/c1-16-7-11(14-8-16)20(17,18)15-6-9-2-4-10(5-3-9)12(13)19/h2-5,7-8,15H,6H2,1H3,(H2,13,19). The summed E-state index contributed by atoms with van der Waals surface area (Å²) < 4.78 is 28.0. The van der Waals surface area contributed by atoms with E-state index in [2.05, 4.69) is 9.71 Å². The molecule has 0 atom stereocenters. The summed E-state index contributed by atoms with van der Waals surface area (Å²) >= 11 is 4.85. The number of imidazole rings is 1. The zero-order chi connectivity index (χ0) is 14.8. The molecule has 0 saturated carbocycles. The Morgan fingerprint density at radius 1 is 1.40 bits per heavy atom. The first-order valence-corrected chi connectivity index (χ1v) is 7.64. The molecule has 6 nitrogen and oxygen atoms in total. The number of nitrogens with one attached hydrogen (secondary N) is 1. The summed E-state index contributed by atoms with van der Waals surface area (Å²) in [6, 6.07) is 7.06. The summed E-state index contributed by atoms with van der Waals surface area (Å²) in [5, 5.41) is -0.000226. The van der Waals surface area contributed by atoms with Gasteiger partial charge < -0.3 is 10.3 Å². The van der Waals surface area contributed by atoms with Gasteiger partial charge in [-0.2, -0.15) is 0 Å². The molecule has 0 spiro atoms. The Morgan fingerprint density at radius 2 is 2.05 bits per heavy atom. The van der Waals surface area contributed by atoms with Crippen LogP contribution in [0, 0.1) is 0 Å². The molecule has 2 rings (SSSR count). The van der Waals surface area contributed by atoms with Crippen molar-refractivity contribution in [2.75, 3.05) is 0 Å². The number of aromatic nitrogens is 2. The first-order valence-electron chi connectivity index (χ1n) is 5.75. The Kier molecular flexibility index (Phi) is 4.17. The summed E-state index contributed by atoms with van der Waals surface area (Å²) in [4.78, 5) is 4.13. The van der Waals surface area contributed by atoms with Crippen LogP contribution in [0.2, 0.25) is 0 Å².